The number of hydrogen-bond donors (Lipinski definition) is 2. The number of carbonyl (C=O) groups is 1. The predicted molar refractivity (Wildman–Crippen MR) is 137 cm³/mol. The van der Waals surface area contributed by atoms with Crippen LogP contribution in [0.2, 0.25) is 0 Å². The minimum Gasteiger partial charge on any atom is -0.366 e. The quantitative estimate of drug-likeness (QED) is 0.620. The number of anilines is 3. The van der Waals surface area contributed by atoms with Crippen LogP contribution >= 0.6 is 27.0 Å². The molecule has 1 saturated carbocycles. The van der Waals surface area contributed by atoms with Crippen molar-refractivity contribution in [3.8, 4) is 0 Å². The first-order valence-electron chi connectivity index (χ1n) is 10.8. The maximum atomic E-state index is 13.4. The van der Waals surface area contributed by atoms with Gasteiger partial charge in [-0.1, -0.05) is 13.8 Å². The highest BCUT2D eigenvalue weighted by atomic mass is 32.1. The Hall–Kier alpha value is -2.01. The van der Waals surface area contributed by atoms with Gasteiger partial charge >= 0.3 is 0 Å². The number of amides is 1. The number of hydrogen-bond acceptors (Lipinski definition) is 5. The maximum absolute atomic E-state index is 13.4. The number of halogens is 2. The van der Waals surface area contributed by atoms with Crippen molar-refractivity contribution in [2.75, 3.05) is 22.6 Å². The van der Waals surface area contributed by atoms with Gasteiger partial charge in [0.15, 0.2) is 0 Å². The molecule has 0 bridgehead atoms. The molecular formula is C22H34F2N6OS2. The molecular weight excluding hydrogens is 466 g/mol. The highest BCUT2D eigenvalue weighted by Gasteiger charge is 2.39. The van der Waals surface area contributed by atoms with Gasteiger partial charge in [-0.25, -0.2) is 13.8 Å². The smallest absolute Gasteiger partial charge is 0.248 e. The summed E-state index contributed by atoms with van der Waals surface area (Å²) in [6, 6.07) is 1.71. The van der Waals surface area contributed by atoms with Gasteiger partial charge in [-0.2, -0.15) is 32.1 Å². The lowest BCUT2D eigenvalue weighted by Gasteiger charge is -2.38. The number of nitrogens with one attached hydrogen (secondary N) is 2. The van der Waals surface area contributed by atoms with Gasteiger partial charge in [0, 0.05) is 50.8 Å². The molecule has 11 heteroatoms. The molecule has 0 radical (unpaired) electrons. The van der Waals surface area contributed by atoms with Crippen LogP contribution in [-0.4, -0.2) is 39.7 Å². The lowest BCUT2D eigenvalue weighted by molar-refractivity contribution is -0.118. The van der Waals surface area contributed by atoms with Crippen LogP contribution in [0.1, 0.15) is 44.4 Å². The van der Waals surface area contributed by atoms with E-state index in [2.05, 4.69) is 20.7 Å². The van der Waals surface area contributed by atoms with Gasteiger partial charge in [-0.15, -0.1) is 0 Å². The van der Waals surface area contributed by atoms with Crippen molar-refractivity contribution in [1.29, 1.82) is 0 Å². The molecule has 184 valence electrons. The molecule has 1 amide bonds. The molecule has 2 aromatic rings. The number of fused-ring (bicyclic) bond motifs is 1. The summed E-state index contributed by atoms with van der Waals surface area (Å²) < 4.78 is 28.6. The normalized spacial score (nSPS) is 21.2. The first kappa shape index (κ1) is 27.2. The second-order valence-electron chi connectivity index (χ2n) is 9.16. The van der Waals surface area contributed by atoms with Crippen molar-refractivity contribution >= 4 is 50.1 Å². The van der Waals surface area contributed by atoms with Gasteiger partial charge in [0.05, 0.1) is 23.3 Å². The molecule has 1 fully saturated rings. The summed E-state index contributed by atoms with van der Waals surface area (Å²) in [4.78, 5) is 19.1. The predicted octanol–water partition coefficient (Wildman–Crippen LogP) is 4.27. The third kappa shape index (κ3) is 5.92. The van der Waals surface area contributed by atoms with E-state index in [4.69, 9.17) is 0 Å². The Bertz CT molecular complexity index is 984. The summed E-state index contributed by atoms with van der Waals surface area (Å²) in [6.07, 6.45) is 4.12. The average Bonchev–Trinajstić information content (AvgIpc) is 3.26. The topological polar surface area (TPSA) is 75.1 Å². The molecule has 0 unspecified atom stereocenters. The molecule has 2 aromatic heterocycles. The van der Waals surface area contributed by atoms with E-state index in [0.717, 1.165) is 22.6 Å². The Morgan fingerprint density at radius 3 is 2.70 bits per heavy atom. The Morgan fingerprint density at radius 1 is 1.33 bits per heavy atom. The van der Waals surface area contributed by atoms with Crippen LogP contribution in [0, 0.1) is 18.8 Å². The zero-order valence-corrected chi connectivity index (χ0v) is 21.5. The fourth-order valence-corrected chi connectivity index (χ4v) is 4.70. The second kappa shape index (κ2) is 10.5. The van der Waals surface area contributed by atoms with Gasteiger partial charge in [0.25, 0.3) is 0 Å². The van der Waals surface area contributed by atoms with Crippen LogP contribution in [0.25, 0.3) is 0 Å². The second-order valence-corrected chi connectivity index (χ2v) is 9.16. The van der Waals surface area contributed by atoms with Crippen molar-refractivity contribution in [1.82, 2.24) is 14.8 Å². The number of aryl methyl sites for hydroxylation is 1. The van der Waals surface area contributed by atoms with E-state index in [1.54, 1.807) is 10.9 Å². The highest BCUT2D eigenvalue weighted by molar-refractivity contribution is 7.59. The van der Waals surface area contributed by atoms with Gasteiger partial charge in [0.1, 0.15) is 11.9 Å². The maximum Gasteiger partial charge on any atom is 0.248 e. The monoisotopic (exact) mass is 500 g/mol. The molecule has 1 aliphatic carbocycles. The molecule has 3 heterocycles. The van der Waals surface area contributed by atoms with Crippen molar-refractivity contribution in [2.45, 2.75) is 65.1 Å². The summed E-state index contributed by atoms with van der Waals surface area (Å²) in [5.41, 5.74) is 3.39. The fourth-order valence-electron chi connectivity index (χ4n) is 4.70. The Labute approximate surface area is 207 Å². The summed E-state index contributed by atoms with van der Waals surface area (Å²) in [6.45, 7) is 6.98. The zero-order valence-electron chi connectivity index (χ0n) is 19.5. The molecule has 1 aliphatic heterocycles. The summed E-state index contributed by atoms with van der Waals surface area (Å²) in [7, 11) is 1.93. The van der Waals surface area contributed by atoms with Crippen LogP contribution in [0.5, 0.6) is 0 Å². The SMILES string of the molecule is Cc1nc(NCc2cnn(C[C@H]3CCC(F)(F)C3)c2)cc2c1NC(=O)[C@H](C(C)C)N2C.S.S. The van der Waals surface area contributed by atoms with E-state index in [0.29, 0.717) is 25.3 Å². The number of pyridine rings is 1. The molecule has 2 atom stereocenters. The minimum atomic E-state index is -2.53. The standard InChI is InChI=1S/C22H30F2N6O.2H2S/c1-13(2)20-21(31)28-19-14(3)27-18(7-17(19)29(20)4)25-9-16-10-26-30(12-16)11-15-5-6-22(23,24)8-15;;/h7,10,12-13,15,20H,5-6,8-9,11H2,1-4H3,(H,25,27)(H,28,31);2*1H2/t15-,20-;;/m0../s1. The lowest BCUT2D eigenvalue weighted by atomic mass is 9.98. The van der Waals surface area contributed by atoms with Crippen LogP contribution in [0.3, 0.4) is 0 Å². The van der Waals surface area contributed by atoms with E-state index in [1.807, 2.05) is 45.0 Å². The number of aromatic nitrogens is 3. The van der Waals surface area contributed by atoms with Gasteiger partial charge in [-0.05, 0) is 25.2 Å². The molecule has 4 rings (SSSR count). The molecule has 33 heavy (non-hydrogen) atoms. The number of carbonyl (C=O) groups excluding carboxylic acids is 1. The summed E-state index contributed by atoms with van der Waals surface area (Å²) >= 11 is 0. The minimum absolute atomic E-state index is 0. The first-order chi connectivity index (χ1) is 14.6. The molecule has 0 spiro atoms. The van der Waals surface area contributed by atoms with E-state index in [-0.39, 0.29) is 63.6 Å². The number of nitrogens with zero attached hydrogens (tertiary/aromatic N) is 4. The highest BCUT2D eigenvalue weighted by Crippen LogP contribution is 2.39. The van der Waals surface area contributed by atoms with Gasteiger partial charge < -0.3 is 15.5 Å². The van der Waals surface area contributed by atoms with E-state index in [1.165, 1.54) is 0 Å². The molecule has 7 nitrogen and oxygen atoms in total. The van der Waals surface area contributed by atoms with Crippen LogP contribution in [-0.2, 0) is 17.9 Å². The van der Waals surface area contributed by atoms with Crippen molar-refractivity contribution in [2.24, 2.45) is 11.8 Å². The lowest BCUT2D eigenvalue weighted by Crippen LogP contribution is -2.49. The molecule has 2 N–H and O–H groups in total. The van der Waals surface area contributed by atoms with Gasteiger partial charge in [0.2, 0.25) is 11.8 Å². The first-order valence-corrected chi connectivity index (χ1v) is 10.8. The Balaban J connectivity index is 0.00000193. The zero-order chi connectivity index (χ0) is 22.3. The molecule has 0 aromatic carbocycles. The molecule has 0 saturated heterocycles. The van der Waals surface area contributed by atoms with E-state index in [9.17, 15) is 13.6 Å². The van der Waals surface area contributed by atoms with Crippen LogP contribution in [0.15, 0.2) is 18.5 Å². The largest absolute Gasteiger partial charge is 0.366 e. The molecule has 2 aliphatic rings. The Morgan fingerprint density at radius 2 is 2.06 bits per heavy atom. The summed E-state index contributed by atoms with van der Waals surface area (Å²) in [5, 5.41) is 10.7. The summed E-state index contributed by atoms with van der Waals surface area (Å²) in [5.74, 6) is -1.68. The van der Waals surface area contributed by atoms with E-state index >= 15 is 0 Å². The van der Waals surface area contributed by atoms with E-state index < -0.39 is 5.92 Å². The third-order valence-electron chi connectivity index (χ3n) is 6.24. The number of alkyl halides is 2. The van der Waals surface area contributed by atoms with Gasteiger partial charge in [-0.3, -0.25) is 9.48 Å². The number of likely N-dealkylation sites (N-methyl/N-ethyl adjacent to an activating group) is 1. The number of rotatable bonds is 6. The van der Waals surface area contributed by atoms with Crippen molar-refractivity contribution in [3.63, 3.8) is 0 Å². The third-order valence-corrected chi connectivity index (χ3v) is 6.24. The average molecular weight is 501 g/mol. The van der Waals surface area contributed by atoms with Crippen LogP contribution < -0.4 is 15.5 Å². The van der Waals surface area contributed by atoms with Crippen molar-refractivity contribution in [3.05, 3.63) is 29.7 Å². The van der Waals surface area contributed by atoms with Crippen molar-refractivity contribution < 1.29 is 13.6 Å². The van der Waals surface area contributed by atoms with Crippen LogP contribution in [0.4, 0.5) is 26.0 Å². The fraction of sp³-hybridized carbons (Fsp3) is 0.591. The Kier molecular flexibility index (Phi) is 8.67.